The number of rotatable bonds is 8. The first-order valence-electron chi connectivity index (χ1n) is 25.8. The fourth-order valence-electron chi connectivity index (χ4n) is 11.7. The minimum absolute atomic E-state index is 0.459. The highest BCUT2D eigenvalue weighted by Crippen LogP contribution is 2.57. The molecule has 2 aliphatic rings. The van der Waals surface area contributed by atoms with E-state index in [0.29, 0.717) is 17.5 Å². The van der Waals surface area contributed by atoms with Gasteiger partial charge in [0.2, 0.25) is 0 Å². The minimum Gasteiger partial charge on any atom is -0.455 e. The lowest BCUT2D eigenvalue weighted by Gasteiger charge is -2.36. The number of fused-ring (bicyclic) bond motifs is 10. The van der Waals surface area contributed by atoms with Crippen LogP contribution in [0.3, 0.4) is 0 Å². The molecule has 14 rings (SSSR count). The van der Waals surface area contributed by atoms with Crippen molar-refractivity contribution in [2.75, 3.05) is 4.90 Å². The standard InChI is InChI=1S/C71H48N4O/c1-47-21-6-5-17-46-71(61-34-15-13-28-56(61)57-29-14-16-35-62(57)71)63-36-20-37-64(65(47)63)75(53-42-38-49(39-43-53)48-22-7-2-8-23-48)54-44-40-50(41-45-54)55-30-18-31-58-59-32-19-33-60(67(59)76-66(55)58)70-73-68(51-24-9-3-10-25-51)72-69(74-70)52-26-11-4-12-27-52/h2-45H,1,46H2/b17-5-,21-6-. The van der Waals surface area contributed by atoms with E-state index >= 15 is 0 Å². The normalized spacial score (nSPS) is 14.1. The molecule has 10 aromatic carbocycles. The topological polar surface area (TPSA) is 55.1 Å². The van der Waals surface area contributed by atoms with Crippen LogP contribution in [0.25, 0.3) is 95.1 Å². The van der Waals surface area contributed by atoms with Crippen LogP contribution < -0.4 is 4.90 Å². The highest BCUT2D eigenvalue weighted by molar-refractivity contribution is 6.13. The molecule has 1 spiro atoms. The number of benzene rings is 10. The van der Waals surface area contributed by atoms with E-state index in [1.165, 1.54) is 33.4 Å². The first kappa shape index (κ1) is 44.7. The van der Waals surface area contributed by atoms with E-state index in [4.69, 9.17) is 25.9 Å². The molecule has 0 fully saturated rings. The van der Waals surface area contributed by atoms with Crippen LogP contribution in [0.2, 0.25) is 0 Å². The zero-order valence-corrected chi connectivity index (χ0v) is 41.5. The van der Waals surface area contributed by atoms with Gasteiger partial charge in [0.1, 0.15) is 11.2 Å². The van der Waals surface area contributed by atoms with Crippen LogP contribution in [0.5, 0.6) is 0 Å². The van der Waals surface area contributed by atoms with Crippen molar-refractivity contribution in [2.45, 2.75) is 11.8 Å². The molecule has 0 atom stereocenters. The molecule has 0 saturated carbocycles. The number of anilines is 3. The van der Waals surface area contributed by atoms with E-state index in [0.717, 1.165) is 89.9 Å². The molecule has 358 valence electrons. The number of allylic oxidation sites excluding steroid dienone is 5. The summed E-state index contributed by atoms with van der Waals surface area (Å²) in [7, 11) is 0. The Morgan fingerprint density at radius 2 is 0.842 bits per heavy atom. The summed E-state index contributed by atoms with van der Waals surface area (Å²) < 4.78 is 7.05. The van der Waals surface area contributed by atoms with E-state index in [-0.39, 0.29) is 0 Å². The molecule has 0 unspecified atom stereocenters. The van der Waals surface area contributed by atoms with Gasteiger partial charge >= 0.3 is 0 Å². The largest absolute Gasteiger partial charge is 0.455 e. The Bertz CT molecular complexity index is 4150. The van der Waals surface area contributed by atoms with Gasteiger partial charge in [-0.2, -0.15) is 0 Å². The summed E-state index contributed by atoms with van der Waals surface area (Å²) in [6.07, 6.45) is 9.60. The van der Waals surface area contributed by atoms with Crippen molar-refractivity contribution < 1.29 is 4.42 Å². The summed E-state index contributed by atoms with van der Waals surface area (Å²) in [6.45, 7) is 4.84. The second kappa shape index (κ2) is 18.5. The molecular formula is C71H48N4O. The van der Waals surface area contributed by atoms with Crippen molar-refractivity contribution in [3.05, 3.63) is 296 Å². The van der Waals surface area contributed by atoms with Gasteiger partial charge in [-0.15, -0.1) is 0 Å². The number of hydrogen-bond acceptors (Lipinski definition) is 5. The molecule has 76 heavy (non-hydrogen) atoms. The Morgan fingerprint density at radius 3 is 1.45 bits per heavy atom. The van der Waals surface area contributed by atoms with Crippen LogP contribution in [0.15, 0.2) is 278 Å². The average molecular weight is 973 g/mol. The lowest BCUT2D eigenvalue weighted by Crippen LogP contribution is -2.28. The summed E-state index contributed by atoms with van der Waals surface area (Å²) in [5.74, 6) is 1.75. The summed E-state index contributed by atoms with van der Waals surface area (Å²) in [5.41, 5.74) is 19.6. The fourth-order valence-corrected chi connectivity index (χ4v) is 11.7. The first-order valence-corrected chi connectivity index (χ1v) is 25.8. The molecule has 2 aliphatic carbocycles. The number of furan rings is 1. The van der Waals surface area contributed by atoms with Crippen LogP contribution in [0.1, 0.15) is 28.7 Å². The van der Waals surface area contributed by atoms with Gasteiger partial charge in [0.05, 0.1) is 16.7 Å². The fraction of sp³-hybridized carbons (Fsp3) is 0.0282. The van der Waals surface area contributed by atoms with Gasteiger partial charge in [-0.25, -0.2) is 15.0 Å². The highest BCUT2D eigenvalue weighted by atomic mass is 16.3. The maximum atomic E-state index is 7.05. The maximum absolute atomic E-state index is 7.05. The van der Waals surface area contributed by atoms with Crippen LogP contribution in [-0.4, -0.2) is 15.0 Å². The summed E-state index contributed by atoms with van der Waals surface area (Å²) in [4.78, 5) is 17.5. The molecule has 0 saturated heterocycles. The quantitative estimate of drug-likeness (QED) is 0.152. The molecule has 0 amide bonds. The van der Waals surface area contributed by atoms with E-state index in [1.54, 1.807) is 0 Å². The van der Waals surface area contributed by atoms with Crippen LogP contribution in [0, 0.1) is 0 Å². The van der Waals surface area contributed by atoms with Crippen LogP contribution in [0.4, 0.5) is 17.1 Å². The summed E-state index contributed by atoms with van der Waals surface area (Å²) >= 11 is 0. The Labute approximate surface area is 441 Å². The van der Waals surface area contributed by atoms with Gasteiger partial charge in [-0.1, -0.05) is 237 Å². The third-order valence-corrected chi connectivity index (χ3v) is 15.2. The third-order valence-electron chi connectivity index (χ3n) is 15.2. The Hall–Kier alpha value is -9.97. The molecule has 12 aromatic rings. The van der Waals surface area contributed by atoms with Gasteiger partial charge < -0.3 is 9.32 Å². The van der Waals surface area contributed by atoms with Crippen molar-refractivity contribution in [1.82, 2.24) is 15.0 Å². The van der Waals surface area contributed by atoms with Crippen molar-refractivity contribution in [2.24, 2.45) is 0 Å². The van der Waals surface area contributed by atoms with E-state index in [2.05, 4.69) is 205 Å². The lowest BCUT2D eigenvalue weighted by molar-refractivity contribution is 0.643. The zero-order valence-electron chi connectivity index (χ0n) is 41.5. The molecular weight excluding hydrogens is 925 g/mol. The van der Waals surface area contributed by atoms with E-state index in [1.807, 2.05) is 66.7 Å². The second-order valence-corrected chi connectivity index (χ2v) is 19.5. The zero-order chi connectivity index (χ0) is 50.6. The number of para-hydroxylation sites is 2. The number of hydrogen-bond donors (Lipinski definition) is 0. The second-order valence-electron chi connectivity index (χ2n) is 19.5. The maximum Gasteiger partial charge on any atom is 0.167 e. The Kier molecular flexibility index (Phi) is 10.9. The summed E-state index contributed by atoms with van der Waals surface area (Å²) in [5, 5.41) is 2.01. The monoisotopic (exact) mass is 972 g/mol. The molecule has 2 aromatic heterocycles. The molecule has 0 aliphatic heterocycles. The lowest BCUT2D eigenvalue weighted by atomic mass is 9.68. The minimum atomic E-state index is -0.459. The predicted molar refractivity (Wildman–Crippen MR) is 313 cm³/mol. The Morgan fingerprint density at radius 1 is 0.382 bits per heavy atom. The number of aromatic nitrogens is 3. The SMILES string of the molecule is C=C1/C=C\C=C/CC2(c3ccccc3-c3ccccc32)c2cccc(N(c3ccc(-c4ccccc4)cc3)c3ccc(-c4cccc5c4oc4c(-c6nc(-c7ccccc7)nc(-c7ccccc7)n6)cccc45)cc3)c21. The van der Waals surface area contributed by atoms with Gasteiger partial charge in [0.15, 0.2) is 17.5 Å². The van der Waals surface area contributed by atoms with Gasteiger partial charge in [0.25, 0.3) is 0 Å². The van der Waals surface area contributed by atoms with E-state index < -0.39 is 5.41 Å². The van der Waals surface area contributed by atoms with Crippen LogP contribution >= 0.6 is 0 Å². The first-order chi connectivity index (χ1) is 37.6. The van der Waals surface area contributed by atoms with Gasteiger partial charge in [0, 0.05) is 44.4 Å². The molecule has 5 nitrogen and oxygen atoms in total. The van der Waals surface area contributed by atoms with E-state index in [9.17, 15) is 0 Å². The average Bonchev–Trinajstić information content (AvgIpc) is 4.05. The van der Waals surface area contributed by atoms with Gasteiger partial charge in [-0.05, 0) is 92.9 Å². The van der Waals surface area contributed by atoms with Crippen molar-refractivity contribution in [3.63, 3.8) is 0 Å². The molecule has 2 heterocycles. The molecule has 5 heteroatoms. The van der Waals surface area contributed by atoms with Crippen LogP contribution in [-0.2, 0) is 5.41 Å². The Balaban J connectivity index is 0.920. The highest BCUT2D eigenvalue weighted by Gasteiger charge is 2.45. The van der Waals surface area contributed by atoms with Crippen molar-refractivity contribution >= 4 is 44.6 Å². The molecule has 0 radical (unpaired) electrons. The molecule has 0 N–H and O–H groups in total. The molecule has 0 bridgehead atoms. The van der Waals surface area contributed by atoms with Crippen molar-refractivity contribution in [3.8, 4) is 67.5 Å². The number of nitrogens with zero attached hydrogens (tertiary/aromatic N) is 4. The summed E-state index contributed by atoms with van der Waals surface area (Å²) in [6, 6.07) is 85.9. The predicted octanol–water partition coefficient (Wildman–Crippen LogP) is 18.4. The van der Waals surface area contributed by atoms with Crippen molar-refractivity contribution in [1.29, 1.82) is 0 Å². The third kappa shape index (κ3) is 7.43. The van der Waals surface area contributed by atoms with Gasteiger partial charge in [-0.3, -0.25) is 0 Å². The smallest absolute Gasteiger partial charge is 0.167 e.